The van der Waals surface area contributed by atoms with E-state index in [0.717, 1.165) is 32.7 Å². The van der Waals surface area contributed by atoms with E-state index in [0.29, 0.717) is 11.5 Å². The monoisotopic (exact) mass is 470 g/mol. The first-order chi connectivity index (χ1) is 14.0. The van der Waals surface area contributed by atoms with E-state index in [1.54, 1.807) is 6.92 Å². The molecule has 5 rings (SSSR count). The van der Waals surface area contributed by atoms with Crippen LogP contribution in [0.15, 0.2) is 72.8 Å². The van der Waals surface area contributed by atoms with Crippen LogP contribution < -0.4 is 9.05 Å². The van der Waals surface area contributed by atoms with Crippen LogP contribution in [-0.2, 0) is 4.52 Å². The number of hydrogen-bond donors (Lipinski definition) is 1. The summed E-state index contributed by atoms with van der Waals surface area (Å²) < 4.78 is 18.6. The van der Waals surface area contributed by atoms with Gasteiger partial charge in [-0.25, -0.2) is 0 Å². The maximum absolute atomic E-state index is 9.71. The zero-order valence-corrected chi connectivity index (χ0v) is 18.3. The molecule has 146 valence electrons. The molecule has 0 aliphatic carbocycles. The molecular weight excluding hydrogens is 450 g/mol. The second kappa shape index (κ2) is 7.28. The molecule has 0 bridgehead atoms. The van der Waals surface area contributed by atoms with E-state index in [-0.39, 0.29) is 6.61 Å². The Hall–Kier alpha value is -2.13. The van der Waals surface area contributed by atoms with Gasteiger partial charge in [-0.1, -0.05) is 0 Å². The molecule has 29 heavy (non-hydrogen) atoms. The fourth-order valence-electron chi connectivity index (χ4n) is 3.68. The van der Waals surface area contributed by atoms with Gasteiger partial charge in [-0.3, -0.25) is 0 Å². The molecule has 0 fully saturated rings. The van der Waals surface area contributed by atoms with Gasteiger partial charge in [0.05, 0.1) is 0 Å². The van der Waals surface area contributed by atoms with Crippen molar-refractivity contribution in [2.24, 2.45) is 0 Å². The van der Waals surface area contributed by atoms with Crippen molar-refractivity contribution in [2.45, 2.75) is 13.0 Å². The van der Waals surface area contributed by atoms with Gasteiger partial charge in [0.2, 0.25) is 0 Å². The van der Waals surface area contributed by atoms with Crippen molar-refractivity contribution in [3.63, 3.8) is 0 Å². The summed E-state index contributed by atoms with van der Waals surface area (Å²) in [7, 11) is 0. The van der Waals surface area contributed by atoms with Gasteiger partial charge in [0.25, 0.3) is 0 Å². The molecule has 1 N–H and O–H groups in total. The van der Waals surface area contributed by atoms with E-state index < -0.39 is 12.7 Å². The third kappa shape index (κ3) is 3.40. The Morgan fingerprint density at radius 2 is 1.31 bits per heavy atom. The first-order valence-corrected chi connectivity index (χ1v) is 13.2. The summed E-state index contributed by atoms with van der Waals surface area (Å²) in [5, 5.41) is 14.2. The first-order valence-electron chi connectivity index (χ1n) is 9.40. The summed E-state index contributed by atoms with van der Waals surface area (Å²) in [6.07, 6.45) is -0.622. The molecule has 0 aromatic heterocycles. The first kappa shape index (κ1) is 18.9. The third-order valence-electron chi connectivity index (χ3n) is 4.93. The van der Waals surface area contributed by atoms with Crippen LogP contribution in [0.3, 0.4) is 0 Å². The second-order valence-electron chi connectivity index (χ2n) is 7.09. The van der Waals surface area contributed by atoms with Gasteiger partial charge in [0, 0.05) is 0 Å². The summed E-state index contributed by atoms with van der Waals surface area (Å²) in [6.45, 7) is -1.08. The molecule has 4 aromatic carbocycles. The number of aliphatic hydroxyl groups is 1. The van der Waals surface area contributed by atoms with E-state index in [1.165, 1.54) is 0 Å². The molecular formula is C23H19O4PSe. The van der Waals surface area contributed by atoms with Crippen LogP contribution in [0, 0.1) is 0 Å². The summed E-state index contributed by atoms with van der Waals surface area (Å²) in [5.41, 5.74) is 1.99. The van der Waals surface area contributed by atoms with Crippen molar-refractivity contribution >= 4 is 43.7 Å². The Kier molecular flexibility index (Phi) is 4.74. The number of hydrogen-bond acceptors (Lipinski definition) is 4. The summed E-state index contributed by atoms with van der Waals surface area (Å²) in [6, 6.07) is 24.5. The van der Waals surface area contributed by atoms with Crippen LogP contribution in [-0.4, -0.2) is 33.4 Å². The normalized spacial score (nSPS) is 15.7. The number of rotatable bonds is 3. The summed E-state index contributed by atoms with van der Waals surface area (Å²) in [4.78, 5) is 0. The quantitative estimate of drug-likeness (QED) is 0.310. The fourth-order valence-corrected chi connectivity index (χ4v) is 6.40. The van der Waals surface area contributed by atoms with E-state index >= 15 is 0 Å². The number of fused-ring (bicyclic) bond motifs is 7. The second-order valence-corrected chi connectivity index (χ2v) is 11.4. The van der Waals surface area contributed by atoms with E-state index in [1.807, 2.05) is 48.5 Å². The zero-order valence-electron chi connectivity index (χ0n) is 15.7. The number of benzene rings is 4. The van der Waals surface area contributed by atoms with Gasteiger partial charge < -0.3 is 0 Å². The summed E-state index contributed by atoms with van der Waals surface area (Å²) >= 11 is 3.00. The Balaban J connectivity index is 1.83. The Labute approximate surface area is 177 Å². The molecule has 1 unspecified atom stereocenters. The molecule has 0 saturated carbocycles. The predicted octanol–water partition coefficient (Wildman–Crippen LogP) is 5.67. The van der Waals surface area contributed by atoms with Crippen LogP contribution in [0.1, 0.15) is 6.92 Å². The van der Waals surface area contributed by atoms with Crippen molar-refractivity contribution < 1.29 is 18.7 Å². The van der Waals surface area contributed by atoms with Gasteiger partial charge in [0.15, 0.2) is 0 Å². The van der Waals surface area contributed by atoms with E-state index in [2.05, 4.69) is 39.8 Å². The Morgan fingerprint density at radius 3 is 1.79 bits per heavy atom. The predicted molar refractivity (Wildman–Crippen MR) is 118 cm³/mol. The fraction of sp³-hybridized carbons (Fsp3) is 0.130. The van der Waals surface area contributed by atoms with Gasteiger partial charge in [0.1, 0.15) is 0 Å². The van der Waals surface area contributed by atoms with Crippen molar-refractivity contribution in [3.05, 3.63) is 72.8 Å². The topological polar surface area (TPSA) is 47.9 Å². The Morgan fingerprint density at radius 1 is 0.828 bits per heavy atom. The number of aliphatic hydroxyl groups excluding tert-OH is 1. The van der Waals surface area contributed by atoms with Crippen LogP contribution in [0.4, 0.5) is 0 Å². The van der Waals surface area contributed by atoms with Crippen molar-refractivity contribution in [3.8, 4) is 22.6 Å². The van der Waals surface area contributed by atoms with Crippen molar-refractivity contribution in [1.29, 1.82) is 0 Å². The van der Waals surface area contributed by atoms with E-state index in [4.69, 9.17) is 13.6 Å². The third-order valence-corrected chi connectivity index (χ3v) is 7.83. The van der Waals surface area contributed by atoms with Crippen LogP contribution in [0.25, 0.3) is 32.7 Å². The molecule has 1 aliphatic rings. The van der Waals surface area contributed by atoms with Crippen LogP contribution >= 0.6 is 6.63 Å². The minimum absolute atomic E-state index is 0.118. The molecule has 1 aliphatic heterocycles. The van der Waals surface area contributed by atoms with Crippen LogP contribution in [0.5, 0.6) is 11.5 Å². The van der Waals surface area contributed by atoms with Gasteiger partial charge in [-0.15, -0.1) is 0 Å². The zero-order chi connectivity index (χ0) is 20.0. The minimum atomic E-state index is -2.87. The molecule has 6 heteroatoms. The molecule has 4 aromatic rings. The standard InChI is InChI=1S/C23H19O4PSe/c1-15(24)14-25-28(29)26-20-12-10-16-6-2-4-8-18(16)22(20)23-19-9-5-3-7-17(19)11-13-21(23)27-28/h2-13,15,24H,14H2,1H3. The molecule has 1 atom stereocenters. The summed E-state index contributed by atoms with van der Waals surface area (Å²) in [5.74, 6) is 1.41. The van der Waals surface area contributed by atoms with Gasteiger partial charge in [-0.05, 0) is 0 Å². The molecule has 4 nitrogen and oxygen atoms in total. The molecule has 0 saturated heterocycles. The average Bonchev–Trinajstić information content (AvgIpc) is 2.86. The molecule has 0 amide bonds. The molecule has 0 spiro atoms. The van der Waals surface area contributed by atoms with E-state index in [9.17, 15) is 5.11 Å². The molecule has 0 radical (unpaired) electrons. The maximum atomic E-state index is 9.71. The van der Waals surface area contributed by atoms with Gasteiger partial charge in [-0.2, -0.15) is 0 Å². The van der Waals surface area contributed by atoms with Gasteiger partial charge >= 0.3 is 177 Å². The SMILES string of the molecule is CC(O)CO[P+]1([Se-])Oc2ccc3ccccc3c2-c2c(ccc3ccccc23)O1. The van der Waals surface area contributed by atoms with Crippen molar-refractivity contribution in [1.82, 2.24) is 0 Å². The average molecular weight is 469 g/mol. The van der Waals surface area contributed by atoms with Crippen LogP contribution in [0.2, 0.25) is 0 Å². The van der Waals surface area contributed by atoms with Crippen molar-refractivity contribution in [2.75, 3.05) is 6.61 Å². The Bertz CT molecular complexity index is 1140. The molecule has 1 heterocycles.